The van der Waals surface area contributed by atoms with E-state index in [2.05, 4.69) is 9.47 Å². The largest absolute Gasteiger partial charge is 0.457 e. The van der Waals surface area contributed by atoms with E-state index >= 15 is 0 Å². The van der Waals surface area contributed by atoms with Crippen molar-refractivity contribution < 1.29 is 42.9 Å². The molecule has 0 unspecified atom stereocenters. The molecule has 0 N–H and O–H groups in total. The summed E-state index contributed by atoms with van der Waals surface area (Å²) in [7, 11) is 0. The van der Waals surface area contributed by atoms with E-state index in [1.807, 2.05) is 0 Å². The van der Waals surface area contributed by atoms with Crippen LogP contribution in [0.15, 0.2) is 84.9 Å². The van der Waals surface area contributed by atoms with Crippen LogP contribution in [-0.4, -0.2) is 29.7 Å². The predicted molar refractivity (Wildman–Crippen MR) is 129 cm³/mol. The van der Waals surface area contributed by atoms with E-state index in [-0.39, 0.29) is 56.4 Å². The van der Waals surface area contributed by atoms with Crippen molar-refractivity contribution in [1.29, 1.82) is 0 Å². The highest BCUT2D eigenvalue weighted by Crippen LogP contribution is 2.34. The maximum absolute atomic E-state index is 13.6. The molecule has 38 heavy (non-hydrogen) atoms. The fourth-order valence-electron chi connectivity index (χ4n) is 4.14. The van der Waals surface area contributed by atoms with Crippen LogP contribution < -0.4 is 9.47 Å². The summed E-state index contributed by atoms with van der Waals surface area (Å²) in [5.41, 5.74) is 0.866. The standard InChI is InChI=1S/C29H14O9/c30-25(19-5-1-3-7-23(19)35-15-9-11-17-21(13-15)28(33)37-26(17)31)20-6-2-4-8-24(20)36-16-10-12-18-22(14-16)29(34)38-27(18)32/h1-14H. The zero-order chi connectivity index (χ0) is 26.4. The molecule has 2 aliphatic rings. The Morgan fingerprint density at radius 2 is 0.895 bits per heavy atom. The Morgan fingerprint density at radius 3 is 1.34 bits per heavy atom. The van der Waals surface area contributed by atoms with Crippen molar-refractivity contribution in [3.8, 4) is 23.0 Å². The number of hydrogen-bond acceptors (Lipinski definition) is 9. The molecule has 2 heterocycles. The molecule has 0 aliphatic carbocycles. The number of ether oxygens (including phenoxy) is 4. The maximum Gasteiger partial charge on any atom is 0.347 e. The van der Waals surface area contributed by atoms with Crippen LogP contribution in [0.2, 0.25) is 0 Å². The summed E-state index contributed by atoms with van der Waals surface area (Å²) < 4.78 is 21.1. The number of fused-ring (bicyclic) bond motifs is 2. The second-order valence-corrected chi connectivity index (χ2v) is 8.29. The van der Waals surface area contributed by atoms with Crippen LogP contribution in [0.1, 0.15) is 57.4 Å². The molecule has 0 bridgehead atoms. The number of rotatable bonds is 6. The van der Waals surface area contributed by atoms with Gasteiger partial charge in [0, 0.05) is 0 Å². The Morgan fingerprint density at radius 1 is 0.500 bits per heavy atom. The average Bonchev–Trinajstić information content (AvgIpc) is 3.37. The van der Waals surface area contributed by atoms with Crippen LogP contribution in [0.25, 0.3) is 0 Å². The minimum atomic E-state index is -0.768. The van der Waals surface area contributed by atoms with Gasteiger partial charge in [-0.1, -0.05) is 24.3 Å². The van der Waals surface area contributed by atoms with Crippen LogP contribution >= 0.6 is 0 Å². The third kappa shape index (κ3) is 3.88. The Balaban J connectivity index is 1.31. The van der Waals surface area contributed by atoms with Crippen molar-refractivity contribution in [2.24, 2.45) is 0 Å². The first-order valence-corrected chi connectivity index (χ1v) is 11.3. The molecule has 9 heteroatoms. The first kappa shape index (κ1) is 22.9. The molecular formula is C29H14O9. The van der Waals surface area contributed by atoms with Crippen molar-refractivity contribution in [1.82, 2.24) is 0 Å². The topological polar surface area (TPSA) is 122 Å². The number of cyclic esters (lactones) is 4. The number of benzene rings is 4. The summed E-state index contributed by atoms with van der Waals surface area (Å²) in [5, 5.41) is 0. The summed E-state index contributed by atoms with van der Waals surface area (Å²) in [5.74, 6) is -2.51. The molecule has 4 aromatic rings. The van der Waals surface area contributed by atoms with Gasteiger partial charge in [-0.2, -0.15) is 0 Å². The fourth-order valence-corrected chi connectivity index (χ4v) is 4.14. The van der Waals surface area contributed by atoms with Crippen molar-refractivity contribution >= 4 is 29.7 Å². The summed E-state index contributed by atoms with van der Waals surface area (Å²) in [6.07, 6.45) is 0. The number of hydrogen-bond donors (Lipinski definition) is 0. The lowest BCUT2D eigenvalue weighted by Crippen LogP contribution is -2.06. The van der Waals surface area contributed by atoms with Crippen molar-refractivity contribution in [3.05, 3.63) is 118 Å². The lowest BCUT2D eigenvalue weighted by atomic mass is 10.0. The molecular weight excluding hydrogens is 492 g/mol. The number of carbonyl (C=O) groups excluding carboxylic acids is 5. The first-order chi connectivity index (χ1) is 18.4. The molecule has 0 spiro atoms. The Bertz CT molecular complexity index is 1590. The molecule has 2 aliphatic heterocycles. The van der Waals surface area contributed by atoms with Gasteiger partial charge in [-0.15, -0.1) is 0 Å². The summed E-state index contributed by atoms with van der Waals surface area (Å²) >= 11 is 0. The van der Waals surface area contributed by atoms with Gasteiger partial charge in [0.25, 0.3) is 0 Å². The molecule has 0 fully saturated rings. The van der Waals surface area contributed by atoms with Gasteiger partial charge >= 0.3 is 23.9 Å². The predicted octanol–water partition coefficient (Wildman–Crippen LogP) is 5.12. The normalized spacial score (nSPS) is 13.5. The lowest BCUT2D eigenvalue weighted by molar-refractivity contribution is 0.0425. The van der Waals surface area contributed by atoms with E-state index in [1.165, 1.54) is 36.4 Å². The second-order valence-electron chi connectivity index (χ2n) is 8.29. The lowest BCUT2D eigenvalue weighted by Gasteiger charge is -2.14. The molecule has 0 saturated heterocycles. The van der Waals surface area contributed by atoms with Gasteiger partial charge in [-0.05, 0) is 60.7 Å². The van der Waals surface area contributed by atoms with Gasteiger partial charge in [0.2, 0.25) is 5.78 Å². The van der Waals surface area contributed by atoms with E-state index in [4.69, 9.17) is 9.47 Å². The first-order valence-electron chi connectivity index (χ1n) is 11.3. The molecule has 0 atom stereocenters. The minimum Gasteiger partial charge on any atom is -0.457 e. The smallest absolute Gasteiger partial charge is 0.347 e. The monoisotopic (exact) mass is 506 g/mol. The summed E-state index contributed by atoms with van der Waals surface area (Å²) in [6, 6.07) is 21.7. The second kappa shape index (κ2) is 8.82. The summed E-state index contributed by atoms with van der Waals surface area (Å²) in [4.78, 5) is 60.9. The molecule has 4 aromatic carbocycles. The number of carbonyl (C=O) groups is 5. The van der Waals surface area contributed by atoms with Crippen LogP contribution in [0.4, 0.5) is 0 Å². The van der Waals surface area contributed by atoms with Crippen LogP contribution in [0, 0.1) is 0 Å². The van der Waals surface area contributed by atoms with Gasteiger partial charge in [-0.3, -0.25) is 4.79 Å². The van der Waals surface area contributed by atoms with Gasteiger partial charge < -0.3 is 18.9 Å². The van der Waals surface area contributed by atoms with Crippen molar-refractivity contribution in [2.45, 2.75) is 0 Å². The highest BCUT2D eigenvalue weighted by molar-refractivity contribution is 6.16. The van der Waals surface area contributed by atoms with E-state index in [0.29, 0.717) is 0 Å². The summed E-state index contributed by atoms with van der Waals surface area (Å²) in [6.45, 7) is 0. The molecule has 184 valence electrons. The van der Waals surface area contributed by atoms with Crippen molar-refractivity contribution in [3.63, 3.8) is 0 Å². The minimum absolute atomic E-state index is 0.0787. The molecule has 0 aromatic heterocycles. The van der Waals surface area contributed by atoms with Crippen LogP contribution in [0.5, 0.6) is 23.0 Å². The maximum atomic E-state index is 13.6. The highest BCUT2D eigenvalue weighted by Gasteiger charge is 2.31. The Kier molecular flexibility index (Phi) is 5.31. The van der Waals surface area contributed by atoms with E-state index < -0.39 is 29.7 Å². The number of esters is 4. The van der Waals surface area contributed by atoms with Crippen LogP contribution in [0.3, 0.4) is 0 Å². The molecule has 0 saturated carbocycles. The number of para-hydroxylation sites is 2. The molecule has 6 rings (SSSR count). The van der Waals surface area contributed by atoms with E-state index in [9.17, 15) is 24.0 Å². The zero-order valence-electron chi connectivity index (χ0n) is 19.3. The Hall–Kier alpha value is -5.57. The quantitative estimate of drug-likeness (QED) is 0.199. The molecule has 0 amide bonds. The molecule has 9 nitrogen and oxygen atoms in total. The Labute approximate surface area is 214 Å². The van der Waals surface area contributed by atoms with Gasteiger partial charge in [0.05, 0.1) is 33.4 Å². The third-order valence-corrected chi connectivity index (χ3v) is 5.95. The van der Waals surface area contributed by atoms with E-state index in [1.54, 1.807) is 48.5 Å². The van der Waals surface area contributed by atoms with E-state index in [0.717, 1.165) is 0 Å². The van der Waals surface area contributed by atoms with Crippen molar-refractivity contribution in [2.75, 3.05) is 0 Å². The highest BCUT2D eigenvalue weighted by atomic mass is 16.6. The van der Waals surface area contributed by atoms with Gasteiger partial charge in [0.15, 0.2) is 0 Å². The SMILES string of the molecule is O=C(c1ccccc1Oc1ccc2c(c1)C(=O)OC2=O)c1ccccc1Oc1ccc2c(c1)C(=O)OC2=O. The van der Waals surface area contributed by atoms with Crippen LogP contribution in [-0.2, 0) is 9.47 Å². The molecule has 0 radical (unpaired) electrons. The zero-order valence-corrected chi connectivity index (χ0v) is 19.3. The third-order valence-electron chi connectivity index (χ3n) is 5.95. The average molecular weight is 506 g/mol. The van der Waals surface area contributed by atoms with Gasteiger partial charge in [-0.25, -0.2) is 19.2 Å². The number of ketones is 1. The van der Waals surface area contributed by atoms with Gasteiger partial charge in [0.1, 0.15) is 23.0 Å². The fraction of sp³-hybridized carbons (Fsp3) is 0.